The van der Waals surface area contributed by atoms with E-state index in [2.05, 4.69) is 10.3 Å². The number of aromatic nitrogens is 2. The summed E-state index contributed by atoms with van der Waals surface area (Å²) in [5, 5.41) is 12.1. The van der Waals surface area contributed by atoms with E-state index < -0.39 is 35.9 Å². The minimum Gasteiger partial charge on any atom is -0.480 e. The van der Waals surface area contributed by atoms with E-state index in [1.807, 2.05) is 48.5 Å². The van der Waals surface area contributed by atoms with E-state index in [9.17, 15) is 24.3 Å². The number of aliphatic carboxylic acids is 1. The van der Waals surface area contributed by atoms with Crippen molar-refractivity contribution in [2.45, 2.75) is 18.5 Å². The zero-order chi connectivity index (χ0) is 24.5. The number of nitrogens with zero attached hydrogens (tertiary/aromatic N) is 1. The fraction of sp³-hybridized carbons (Fsp3) is 0.154. The Bertz CT molecular complexity index is 1530. The largest absolute Gasteiger partial charge is 0.480 e. The summed E-state index contributed by atoms with van der Waals surface area (Å²) in [6, 6.07) is 20.5. The topological polar surface area (TPSA) is 130 Å². The number of aromatic amines is 1. The lowest BCUT2D eigenvalue weighted by molar-refractivity contribution is -0.139. The average Bonchev–Trinajstić information content (AvgIpc) is 3.18. The van der Waals surface area contributed by atoms with Gasteiger partial charge in [0.15, 0.2) is 0 Å². The normalized spacial score (nSPS) is 13.1. The number of carboxylic acid groups (broad SMARTS) is 1. The third kappa shape index (κ3) is 4.08. The van der Waals surface area contributed by atoms with Crippen molar-refractivity contribution >= 4 is 23.0 Å². The van der Waals surface area contributed by atoms with Gasteiger partial charge in [0, 0.05) is 5.92 Å². The maximum Gasteiger partial charge on any atom is 0.407 e. The first-order valence-electron chi connectivity index (χ1n) is 11.0. The molecule has 1 aromatic heterocycles. The number of alkyl carbamates (subject to hydrolysis) is 1. The van der Waals surface area contributed by atoms with E-state index in [4.69, 9.17) is 4.74 Å². The van der Waals surface area contributed by atoms with Gasteiger partial charge in [0.25, 0.3) is 5.56 Å². The van der Waals surface area contributed by atoms with Gasteiger partial charge in [0.2, 0.25) is 0 Å². The Hall–Kier alpha value is -4.66. The molecule has 0 spiro atoms. The number of hydrogen-bond donors (Lipinski definition) is 3. The molecule has 1 amide bonds. The van der Waals surface area contributed by atoms with Crippen LogP contribution in [0.2, 0.25) is 0 Å². The van der Waals surface area contributed by atoms with E-state index >= 15 is 0 Å². The van der Waals surface area contributed by atoms with Crippen LogP contribution in [0, 0.1) is 0 Å². The number of nitrogens with one attached hydrogen (secondary N) is 2. The number of rotatable bonds is 6. The molecule has 4 aromatic rings. The molecule has 1 aliphatic carbocycles. The molecule has 9 nitrogen and oxygen atoms in total. The first-order valence-corrected chi connectivity index (χ1v) is 11.0. The van der Waals surface area contributed by atoms with Crippen molar-refractivity contribution in [1.82, 2.24) is 14.9 Å². The number of para-hydroxylation sites is 1. The first kappa shape index (κ1) is 22.1. The SMILES string of the molecule is O=C(N[C@H](Cn1c(=O)[nH]c2ccccc2c1=O)C(=O)O)OCC1c2ccccc2-c2ccccc21. The summed E-state index contributed by atoms with van der Waals surface area (Å²) in [6.45, 7) is -0.554. The summed E-state index contributed by atoms with van der Waals surface area (Å²) in [4.78, 5) is 52.0. The summed E-state index contributed by atoms with van der Waals surface area (Å²) in [5.74, 6) is -1.60. The Kier molecular flexibility index (Phi) is 5.66. The predicted octanol–water partition coefficient (Wildman–Crippen LogP) is 2.68. The highest BCUT2D eigenvalue weighted by Crippen LogP contribution is 2.44. The molecule has 0 saturated carbocycles. The van der Waals surface area contributed by atoms with Crippen LogP contribution in [0.3, 0.4) is 0 Å². The zero-order valence-electron chi connectivity index (χ0n) is 18.4. The molecule has 3 aromatic carbocycles. The van der Waals surface area contributed by atoms with Crippen LogP contribution in [0.1, 0.15) is 17.0 Å². The van der Waals surface area contributed by atoms with Crippen molar-refractivity contribution < 1.29 is 19.4 Å². The third-order valence-corrected chi connectivity index (χ3v) is 6.19. The average molecular weight is 471 g/mol. The van der Waals surface area contributed by atoms with Gasteiger partial charge in [-0.2, -0.15) is 0 Å². The second-order valence-electron chi connectivity index (χ2n) is 8.25. The van der Waals surface area contributed by atoms with E-state index in [-0.39, 0.29) is 17.9 Å². The number of carbonyl (C=O) groups is 2. The number of ether oxygens (including phenoxy) is 1. The van der Waals surface area contributed by atoms with Crippen LogP contribution in [0.25, 0.3) is 22.0 Å². The van der Waals surface area contributed by atoms with Crippen molar-refractivity contribution in [3.63, 3.8) is 0 Å². The Morgan fingerprint density at radius 2 is 1.54 bits per heavy atom. The molecule has 0 saturated heterocycles. The highest BCUT2D eigenvalue weighted by Gasteiger charge is 2.30. The Morgan fingerprint density at radius 1 is 0.943 bits per heavy atom. The number of carbonyl (C=O) groups excluding carboxylic acids is 1. The highest BCUT2D eigenvalue weighted by atomic mass is 16.5. The summed E-state index contributed by atoms with van der Waals surface area (Å²) in [7, 11) is 0. The number of fused-ring (bicyclic) bond motifs is 4. The second-order valence-corrected chi connectivity index (χ2v) is 8.25. The molecule has 0 fully saturated rings. The number of carboxylic acids is 1. The Labute approximate surface area is 198 Å². The summed E-state index contributed by atoms with van der Waals surface area (Å²) in [6.07, 6.45) is -0.954. The van der Waals surface area contributed by atoms with E-state index in [1.54, 1.807) is 18.2 Å². The second kappa shape index (κ2) is 8.94. The van der Waals surface area contributed by atoms with Gasteiger partial charge in [-0.05, 0) is 34.4 Å². The highest BCUT2D eigenvalue weighted by molar-refractivity contribution is 5.81. The Morgan fingerprint density at radius 3 is 2.20 bits per heavy atom. The van der Waals surface area contributed by atoms with E-state index in [0.717, 1.165) is 26.8 Å². The minimum atomic E-state index is -1.55. The summed E-state index contributed by atoms with van der Waals surface area (Å²) >= 11 is 0. The van der Waals surface area contributed by atoms with Crippen LogP contribution in [0.15, 0.2) is 82.4 Å². The molecule has 1 atom stereocenters. The van der Waals surface area contributed by atoms with Crippen LogP contribution in [-0.2, 0) is 16.1 Å². The van der Waals surface area contributed by atoms with Crippen molar-refractivity contribution in [2.75, 3.05) is 6.61 Å². The van der Waals surface area contributed by atoms with Crippen molar-refractivity contribution in [3.8, 4) is 11.1 Å². The van der Waals surface area contributed by atoms with E-state index in [1.165, 1.54) is 6.07 Å². The molecular weight excluding hydrogens is 450 g/mol. The van der Waals surface area contributed by atoms with Crippen LogP contribution < -0.4 is 16.6 Å². The summed E-state index contributed by atoms with van der Waals surface area (Å²) in [5.41, 5.74) is 3.09. The van der Waals surface area contributed by atoms with Gasteiger partial charge in [-0.25, -0.2) is 14.4 Å². The Balaban J connectivity index is 1.32. The molecule has 35 heavy (non-hydrogen) atoms. The van der Waals surface area contributed by atoms with Gasteiger partial charge in [0.05, 0.1) is 17.4 Å². The summed E-state index contributed by atoms with van der Waals surface area (Å²) < 4.78 is 6.16. The monoisotopic (exact) mass is 471 g/mol. The molecule has 1 heterocycles. The number of amides is 1. The van der Waals surface area contributed by atoms with Crippen LogP contribution in [0.4, 0.5) is 4.79 Å². The lowest BCUT2D eigenvalue weighted by Gasteiger charge is -2.18. The van der Waals surface area contributed by atoms with Gasteiger partial charge in [0.1, 0.15) is 12.6 Å². The molecule has 1 aliphatic rings. The van der Waals surface area contributed by atoms with Crippen LogP contribution in [0.5, 0.6) is 0 Å². The van der Waals surface area contributed by atoms with Crippen LogP contribution >= 0.6 is 0 Å². The smallest absolute Gasteiger partial charge is 0.407 e. The third-order valence-electron chi connectivity index (χ3n) is 6.19. The maximum absolute atomic E-state index is 12.7. The lowest BCUT2D eigenvalue weighted by Crippen LogP contribution is -2.48. The molecule has 0 bridgehead atoms. The number of hydrogen-bond acceptors (Lipinski definition) is 5. The van der Waals surface area contributed by atoms with Gasteiger partial charge in [-0.1, -0.05) is 60.7 Å². The molecule has 0 unspecified atom stereocenters. The van der Waals surface area contributed by atoms with Gasteiger partial charge in [-0.15, -0.1) is 0 Å². The minimum absolute atomic E-state index is 0.00268. The molecule has 0 radical (unpaired) electrons. The predicted molar refractivity (Wildman–Crippen MR) is 128 cm³/mol. The van der Waals surface area contributed by atoms with Gasteiger partial charge >= 0.3 is 17.8 Å². The fourth-order valence-corrected chi connectivity index (χ4v) is 4.52. The fourth-order valence-electron chi connectivity index (χ4n) is 4.52. The molecule has 3 N–H and O–H groups in total. The molecule has 0 aliphatic heterocycles. The molecule has 176 valence electrons. The lowest BCUT2D eigenvalue weighted by atomic mass is 9.98. The molecular formula is C26H21N3O6. The quantitative estimate of drug-likeness (QED) is 0.396. The molecule has 9 heteroatoms. The number of benzene rings is 3. The maximum atomic E-state index is 12.7. The standard InChI is InChI=1S/C26H21N3O6/c30-23-19-11-5-6-12-21(19)27-25(33)29(23)13-22(24(31)32)28-26(34)35-14-20-17-9-3-1-7-15(17)16-8-2-4-10-18(16)20/h1-12,20,22H,13-14H2,(H,27,33)(H,28,34)(H,31,32)/t22-/m1/s1. The van der Waals surface area contributed by atoms with Crippen LogP contribution in [-0.4, -0.2) is 39.4 Å². The van der Waals surface area contributed by atoms with E-state index in [0.29, 0.717) is 5.52 Å². The van der Waals surface area contributed by atoms with Crippen molar-refractivity contribution in [1.29, 1.82) is 0 Å². The number of H-pyrrole nitrogens is 1. The molecule has 5 rings (SSSR count). The zero-order valence-corrected chi connectivity index (χ0v) is 18.4. The van der Waals surface area contributed by atoms with Crippen molar-refractivity contribution in [2.24, 2.45) is 0 Å². The van der Waals surface area contributed by atoms with Gasteiger partial charge in [-0.3, -0.25) is 9.36 Å². The van der Waals surface area contributed by atoms with Crippen molar-refractivity contribution in [3.05, 3.63) is 105 Å². The first-order chi connectivity index (χ1) is 16.9. The van der Waals surface area contributed by atoms with Gasteiger partial charge < -0.3 is 20.1 Å².